The Labute approximate surface area is 153 Å². The van der Waals surface area contributed by atoms with Crippen molar-refractivity contribution in [2.75, 3.05) is 0 Å². The van der Waals surface area contributed by atoms with Gasteiger partial charge in [0.25, 0.3) is 5.91 Å². The Bertz CT molecular complexity index is 986. The number of ether oxygens (including phenoxy) is 1. The fourth-order valence-electron chi connectivity index (χ4n) is 2.26. The van der Waals surface area contributed by atoms with Crippen LogP contribution in [0.15, 0.2) is 66.7 Å². The first kappa shape index (κ1) is 17.4. The molecule has 0 aromatic heterocycles. The molecule has 0 fully saturated rings. The molecule has 0 aliphatic rings. The van der Waals surface area contributed by atoms with Gasteiger partial charge in [-0.15, -0.1) is 0 Å². The number of amides is 4. The molecular formula is C19H13ClN2O4. The van der Waals surface area contributed by atoms with Crippen LogP contribution < -0.4 is 15.4 Å². The number of hydrogen-bond acceptors (Lipinski definition) is 4. The van der Waals surface area contributed by atoms with E-state index >= 15 is 0 Å². The number of carbonyl (C=O) groups excluding carboxylic acids is 3. The van der Waals surface area contributed by atoms with Crippen molar-refractivity contribution in [2.45, 2.75) is 0 Å². The van der Waals surface area contributed by atoms with Crippen LogP contribution in [-0.2, 0) is 0 Å². The van der Waals surface area contributed by atoms with Crippen molar-refractivity contribution in [3.8, 4) is 5.75 Å². The zero-order valence-corrected chi connectivity index (χ0v) is 14.1. The van der Waals surface area contributed by atoms with Gasteiger partial charge in [0.15, 0.2) is 0 Å². The van der Waals surface area contributed by atoms with E-state index in [-0.39, 0.29) is 5.75 Å². The van der Waals surface area contributed by atoms with Crippen LogP contribution in [0.5, 0.6) is 5.75 Å². The Morgan fingerprint density at radius 3 is 2.23 bits per heavy atom. The van der Waals surface area contributed by atoms with Gasteiger partial charge in [-0.2, -0.15) is 0 Å². The van der Waals surface area contributed by atoms with Crippen molar-refractivity contribution in [2.24, 2.45) is 0 Å². The molecule has 3 aromatic rings. The lowest BCUT2D eigenvalue weighted by Gasteiger charge is -2.07. The molecule has 0 aliphatic carbocycles. The predicted octanol–water partition coefficient (Wildman–Crippen LogP) is 4.13. The number of benzene rings is 3. The molecule has 0 spiro atoms. The highest BCUT2D eigenvalue weighted by molar-refractivity contribution is 6.30. The first-order valence-electron chi connectivity index (χ1n) is 7.60. The molecule has 3 aromatic carbocycles. The Morgan fingerprint density at radius 2 is 1.50 bits per heavy atom. The summed E-state index contributed by atoms with van der Waals surface area (Å²) in [5.41, 5.74) is 0.296. The molecule has 0 heterocycles. The summed E-state index contributed by atoms with van der Waals surface area (Å²) in [7, 11) is 0. The van der Waals surface area contributed by atoms with E-state index in [4.69, 9.17) is 16.3 Å². The molecule has 0 saturated heterocycles. The van der Waals surface area contributed by atoms with E-state index in [0.29, 0.717) is 10.6 Å². The number of urea groups is 1. The van der Waals surface area contributed by atoms with Gasteiger partial charge in [-0.1, -0.05) is 41.9 Å². The number of carbonyl (C=O) groups is 3. The summed E-state index contributed by atoms with van der Waals surface area (Å²) in [6.07, 6.45) is -1.02. The fourth-order valence-corrected chi connectivity index (χ4v) is 2.39. The summed E-state index contributed by atoms with van der Waals surface area (Å²) in [6.45, 7) is 0. The second-order valence-corrected chi connectivity index (χ2v) is 5.75. The third-order valence-electron chi connectivity index (χ3n) is 3.48. The molecule has 0 unspecified atom stereocenters. The summed E-state index contributed by atoms with van der Waals surface area (Å²) in [4.78, 5) is 35.6. The Morgan fingerprint density at radius 1 is 0.808 bits per heavy atom. The van der Waals surface area contributed by atoms with Crippen molar-refractivity contribution in [1.82, 2.24) is 10.6 Å². The summed E-state index contributed by atoms with van der Waals surface area (Å²) in [5.74, 6) is -0.423. The zero-order valence-electron chi connectivity index (χ0n) is 13.4. The van der Waals surface area contributed by atoms with E-state index in [1.54, 1.807) is 18.2 Å². The lowest BCUT2D eigenvalue weighted by Crippen LogP contribution is -2.43. The van der Waals surface area contributed by atoms with Crippen LogP contribution in [0.1, 0.15) is 10.4 Å². The van der Waals surface area contributed by atoms with Crippen LogP contribution in [0.3, 0.4) is 0 Å². The Kier molecular flexibility index (Phi) is 5.15. The summed E-state index contributed by atoms with van der Waals surface area (Å²) in [5, 5.41) is 6.31. The van der Waals surface area contributed by atoms with E-state index in [1.165, 1.54) is 24.3 Å². The standard InChI is InChI=1S/C19H13ClN2O4/c20-15-7-9-16(10-8-15)26-19(25)22-18(24)21-17(23)14-6-5-12-3-1-2-4-13(12)11-14/h1-11H,(H2,21,22,23,24,25). The minimum atomic E-state index is -1.02. The van der Waals surface area contributed by atoms with Gasteiger partial charge in [0.05, 0.1) is 0 Å². The van der Waals surface area contributed by atoms with E-state index in [2.05, 4.69) is 5.32 Å². The van der Waals surface area contributed by atoms with Gasteiger partial charge in [0.2, 0.25) is 0 Å². The van der Waals surface area contributed by atoms with Gasteiger partial charge < -0.3 is 4.74 Å². The molecule has 0 bridgehead atoms. The van der Waals surface area contributed by atoms with E-state index in [0.717, 1.165) is 10.8 Å². The summed E-state index contributed by atoms with van der Waals surface area (Å²) >= 11 is 5.73. The monoisotopic (exact) mass is 368 g/mol. The molecule has 3 rings (SSSR count). The smallest absolute Gasteiger partial charge is 0.410 e. The summed E-state index contributed by atoms with van der Waals surface area (Å²) < 4.78 is 4.90. The minimum absolute atomic E-state index is 0.209. The van der Waals surface area contributed by atoms with Crippen molar-refractivity contribution in [3.63, 3.8) is 0 Å². The van der Waals surface area contributed by atoms with Crippen LogP contribution in [-0.4, -0.2) is 18.0 Å². The second kappa shape index (κ2) is 7.67. The van der Waals surface area contributed by atoms with Gasteiger partial charge in [-0.05, 0) is 47.2 Å². The van der Waals surface area contributed by atoms with Gasteiger partial charge >= 0.3 is 12.1 Å². The van der Waals surface area contributed by atoms with Gasteiger partial charge in [0.1, 0.15) is 5.75 Å². The van der Waals surface area contributed by atoms with Crippen LogP contribution >= 0.6 is 11.6 Å². The molecule has 6 nitrogen and oxygen atoms in total. The minimum Gasteiger partial charge on any atom is -0.410 e. The lowest BCUT2D eigenvalue weighted by atomic mass is 10.1. The highest BCUT2D eigenvalue weighted by atomic mass is 35.5. The van der Waals surface area contributed by atoms with E-state index < -0.39 is 18.0 Å². The first-order valence-corrected chi connectivity index (χ1v) is 7.97. The average Bonchev–Trinajstić information content (AvgIpc) is 2.63. The Hall–Kier alpha value is -3.38. The molecule has 0 radical (unpaired) electrons. The zero-order chi connectivity index (χ0) is 18.5. The quantitative estimate of drug-likeness (QED) is 0.712. The third kappa shape index (κ3) is 4.37. The van der Waals surface area contributed by atoms with Crippen molar-refractivity contribution < 1.29 is 19.1 Å². The number of hydrogen-bond donors (Lipinski definition) is 2. The largest absolute Gasteiger partial charge is 0.420 e. The predicted molar refractivity (Wildman–Crippen MR) is 97.4 cm³/mol. The lowest BCUT2D eigenvalue weighted by molar-refractivity contribution is 0.0964. The topological polar surface area (TPSA) is 84.5 Å². The third-order valence-corrected chi connectivity index (χ3v) is 3.73. The van der Waals surface area contributed by atoms with Crippen LogP contribution in [0, 0.1) is 0 Å². The molecule has 7 heteroatoms. The van der Waals surface area contributed by atoms with Crippen molar-refractivity contribution in [3.05, 3.63) is 77.3 Å². The van der Waals surface area contributed by atoms with Gasteiger partial charge in [0, 0.05) is 10.6 Å². The van der Waals surface area contributed by atoms with Gasteiger partial charge in [-0.3, -0.25) is 10.1 Å². The molecular weight excluding hydrogens is 356 g/mol. The maximum atomic E-state index is 12.1. The maximum Gasteiger partial charge on any atom is 0.420 e. The average molecular weight is 369 g/mol. The SMILES string of the molecule is O=C(NC(=O)Oc1ccc(Cl)cc1)NC(=O)c1ccc2ccccc2c1. The number of imide groups is 2. The Balaban J connectivity index is 1.58. The number of rotatable bonds is 2. The molecule has 0 atom stereocenters. The van der Waals surface area contributed by atoms with E-state index in [9.17, 15) is 14.4 Å². The van der Waals surface area contributed by atoms with Crippen molar-refractivity contribution in [1.29, 1.82) is 0 Å². The normalized spacial score (nSPS) is 10.2. The molecule has 2 N–H and O–H groups in total. The molecule has 4 amide bonds. The molecule has 130 valence electrons. The number of halogens is 1. The number of nitrogens with one attached hydrogen (secondary N) is 2. The molecule has 0 aliphatic heterocycles. The fraction of sp³-hybridized carbons (Fsp3) is 0. The van der Waals surface area contributed by atoms with Crippen molar-refractivity contribution >= 4 is 40.4 Å². The van der Waals surface area contributed by atoms with E-state index in [1.807, 2.05) is 29.6 Å². The van der Waals surface area contributed by atoms with Crippen LogP contribution in [0.25, 0.3) is 10.8 Å². The maximum absolute atomic E-state index is 12.1. The summed E-state index contributed by atoms with van der Waals surface area (Å²) in [6, 6.07) is 17.6. The van der Waals surface area contributed by atoms with Gasteiger partial charge in [-0.25, -0.2) is 14.9 Å². The highest BCUT2D eigenvalue weighted by Crippen LogP contribution is 2.16. The molecule has 0 saturated carbocycles. The number of fused-ring (bicyclic) bond motifs is 1. The van der Waals surface area contributed by atoms with Crippen LogP contribution in [0.4, 0.5) is 9.59 Å². The molecule has 26 heavy (non-hydrogen) atoms. The second-order valence-electron chi connectivity index (χ2n) is 5.31. The van der Waals surface area contributed by atoms with Crippen LogP contribution in [0.2, 0.25) is 5.02 Å². The first-order chi connectivity index (χ1) is 12.5. The highest BCUT2D eigenvalue weighted by Gasteiger charge is 2.14.